The fourth-order valence-corrected chi connectivity index (χ4v) is 2.80. The second kappa shape index (κ2) is 10.1. The van der Waals surface area contributed by atoms with Crippen molar-refractivity contribution in [1.29, 1.82) is 0 Å². The van der Waals surface area contributed by atoms with Gasteiger partial charge in [-0.25, -0.2) is 0 Å². The van der Waals surface area contributed by atoms with Crippen LogP contribution in [0.1, 0.15) is 11.5 Å². The van der Waals surface area contributed by atoms with Crippen molar-refractivity contribution >= 4 is 12.0 Å². The molecule has 0 N–H and O–H groups in total. The molecular formula is C23H23N3O4. The van der Waals surface area contributed by atoms with Gasteiger partial charge in [0.2, 0.25) is 17.6 Å². The number of ether oxygens (including phenoxy) is 2. The van der Waals surface area contributed by atoms with Crippen molar-refractivity contribution in [2.24, 2.45) is 0 Å². The van der Waals surface area contributed by atoms with Crippen LogP contribution in [0.4, 0.5) is 0 Å². The lowest BCUT2D eigenvalue weighted by Crippen LogP contribution is -2.29. The number of carbonyl (C=O) groups excluding carboxylic acids is 1. The molecule has 7 heteroatoms. The molecule has 1 amide bonds. The Bertz CT molecular complexity index is 1030. The molecule has 7 nitrogen and oxygen atoms in total. The van der Waals surface area contributed by atoms with Crippen molar-refractivity contribution < 1.29 is 18.8 Å². The van der Waals surface area contributed by atoms with Crippen molar-refractivity contribution in [2.75, 3.05) is 20.8 Å². The molecule has 1 heterocycles. The summed E-state index contributed by atoms with van der Waals surface area (Å²) in [6, 6.07) is 14.9. The predicted molar refractivity (Wildman–Crippen MR) is 114 cm³/mol. The first-order chi connectivity index (χ1) is 14.6. The Kier molecular flexibility index (Phi) is 7.00. The van der Waals surface area contributed by atoms with E-state index in [1.165, 1.54) is 6.08 Å². The second-order valence-corrected chi connectivity index (χ2v) is 6.33. The van der Waals surface area contributed by atoms with E-state index in [1.54, 1.807) is 43.4 Å². The number of amides is 1. The van der Waals surface area contributed by atoms with Crippen LogP contribution in [0, 0.1) is 0 Å². The third-order valence-corrected chi connectivity index (χ3v) is 4.31. The van der Waals surface area contributed by atoms with Crippen molar-refractivity contribution in [3.63, 3.8) is 0 Å². The number of hydrogen-bond acceptors (Lipinski definition) is 6. The fourth-order valence-electron chi connectivity index (χ4n) is 2.80. The third kappa shape index (κ3) is 5.14. The van der Waals surface area contributed by atoms with Gasteiger partial charge in [0.05, 0.1) is 14.2 Å². The second-order valence-electron chi connectivity index (χ2n) is 6.33. The third-order valence-electron chi connectivity index (χ3n) is 4.31. The Morgan fingerprint density at radius 2 is 1.90 bits per heavy atom. The molecule has 0 unspecified atom stereocenters. The topological polar surface area (TPSA) is 77.7 Å². The molecule has 0 radical (unpaired) electrons. The molecule has 3 aromatic rings. The highest BCUT2D eigenvalue weighted by molar-refractivity contribution is 5.91. The quantitative estimate of drug-likeness (QED) is 0.396. The normalized spacial score (nSPS) is 10.7. The van der Waals surface area contributed by atoms with Gasteiger partial charge < -0.3 is 18.9 Å². The van der Waals surface area contributed by atoms with E-state index in [4.69, 9.17) is 14.0 Å². The van der Waals surface area contributed by atoms with E-state index in [1.807, 2.05) is 36.4 Å². The summed E-state index contributed by atoms with van der Waals surface area (Å²) in [6.45, 7) is 4.25. The molecule has 0 saturated carbocycles. The summed E-state index contributed by atoms with van der Waals surface area (Å²) in [5.74, 6) is 1.85. The van der Waals surface area contributed by atoms with Crippen molar-refractivity contribution in [3.8, 4) is 22.9 Å². The molecule has 3 rings (SSSR count). The van der Waals surface area contributed by atoms with Gasteiger partial charge in [0.1, 0.15) is 6.54 Å². The van der Waals surface area contributed by atoms with Crippen LogP contribution in [0.5, 0.6) is 11.5 Å². The smallest absolute Gasteiger partial charge is 0.247 e. The maximum Gasteiger partial charge on any atom is 0.247 e. The molecule has 0 spiro atoms. The van der Waals surface area contributed by atoms with Gasteiger partial charge in [-0.2, -0.15) is 4.98 Å². The van der Waals surface area contributed by atoms with E-state index in [-0.39, 0.29) is 12.5 Å². The van der Waals surface area contributed by atoms with Gasteiger partial charge in [0.15, 0.2) is 11.5 Å². The number of aromatic nitrogens is 2. The molecule has 0 fully saturated rings. The lowest BCUT2D eigenvalue weighted by molar-refractivity contribution is -0.126. The van der Waals surface area contributed by atoms with Crippen molar-refractivity contribution in [3.05, 3.63) is 78.7 Å². The maximum atomic E-state index is 12.7. The van der Waals surface area contributed by atoms with E-state index in [9.17, 15) is 4.79 Å². The first-order valence-corrected chi connectivity index (χ1v) is 9.32. The monoisotopic (exact) mass is 405 g/mol. The Hall–Kier alpha value is -3.87. The zero-order valence-corrected chi connectivity index (χ0v) is 16.9. The molecule has 154 valence electrons. The summed E-state index contributed by atoms with van der Waals surface area (Å²) in [7, 11) is 3.14. The highest BCUT2D eigenvalue weighted by atomic mass is 16.5. The van der Waals surface area contributed by atoms with Gasteiger partial charge >= 0.3 is 0 Å². The van der Waals surface area contributed by atoms with E-state index in [0.29, 0.717) is 29.8 Å². The Balaban J connectivity index is 1.71. The standard InChI is InChI=1S/C23H23N3O4/c1-4-14-26(16-21-24-23(25-30-21)18-8-6-5-7-9-18)22(27)13-11-17-10-12-19(28-2)20(15-17)29-3/h4-13,15H,1,14,16H2,2-3H3/b13-11+. The van der Waals surface area contributed by atoms with Crippen LogP contribution in [0.25, 0.3) is 17.5 Å². The van der Waals surface area contributed by atoms with Crippen molar-refractivity contribution in [1.82, 2.24) is 15.0 Å². The average molecular weight is 405 g/mol. The molecule has 0 aliphatic carbocycles. The molecule has 30 heavy (non-hydrogen) atoms. The van der Waals surface area contributed by atoms with Crippen LogP contribution >= 0.6 is 0 Å². The first-order valence-electron chi connectivity index (χ1n) is 9.32. The molecular weight excluding hydrogens is 382 g/mol. The number of hydrogen-bond donors (Lipinski definition) is 0. The minimum absolute atomic E-state index is 0.182. The Labute approximate surface area is 175 Å². The summed E-state index contributed by atoms with van der Waals surface area (Å²) >= 11 is 0. The van der Waals surface area contributed by atoms with Gasteiger partial charge in [-0.1, -0.05) is 47.6 Å². The van der Waals surface area contributed by atoms with E-state index in [2.05, 4.69) is 16.7 Å². The molecule has 0 saturated heterocycles. The first kappa shape index (κ1) is 20.9. The highest BCUT2D eigenvalue weighted by Crippen LogP contribution is 2.28. The average Bonchev–Trinajstić information content (AvgIpc) is 3.26. The molecule has 2 aromatic carbocycles. The highest BCUT2D eigenvalue weighted by Gasteiger charge is 2.15. The number of benzene rings is 2. The summed E-state index contributed by atoms with van der Waals surface area (Å²) in [4.78, 5) is 18.7. The minimum Gasteiger partial charge on any atom is -0.493 e. The van der Waals surface area contributed by atoms with Crippen LogP contribution in [-0.2, 0) is 11.3 Å². The van der Waals surface area contributed by atoms with Crippen molar-refractivity contribution in [2.45, 2.75) is 6.54 Å². The van der Waals surface area contributed by atoms with E-state index >= 15 is 0 Å². The predicted octanol–water partition coefficient (Wildman–Crippen LogP) is 3.98. The summed E-state index contributed by atoms with van der Waals surface area (Å²) in [5, 5.41) is 3.99. The maximum absolute atomic E-state index is 12.7. The van der Waals surface area contributed by atoms with Gasteiger partial charge in [-0.3, -0.25) is 4.79 Å². The number of carbonyl (C=O) groups is 1. The number of nitrogens with zero attached hydrogens (tertiary/aromatic N) is 3. The minimum atomic E-state index is -0.204. The molecule has 0 aliphatic rings. The van der Waals surface area contributed by atoms with Gasteiger partial charge in [0, 0.05) is 18.2 Å². The lowest BCUT2D eigenvalue weighted by Gasteiger charge is -2.16. The molecule has 0 atom stereocenters. The van der Waals surface area contributed by atoms with E-state index < -0.39 is 0 Å². The van der Waals surface area contributed by atoms with Crippen LogP contribution in [0.3, 0.4) is 0 Å². The lowest BCUT2D eigenvalue weighted by atomic mass is 10.2. The zero-order chi connectivity index (χ0) is 21.3. The fraction of sp³-hybridized carbons (Fsp3) is 0.174. The number of rotatable bonds is 9. The van der Waals surface area contributed by atoms with E-state index in [0.717, 1.165) is 11.1 Å². The Morgan fingerprint density at radius 1 is 1.13 bits per heavy atom. The summed E-state index contributed by atoms with van der Waals surface area (Å²) < 4.78 is 15.8. The number of methoxy groups -OCH3 is 2. The molecule has 1 aromatic heterocycles. The summed E-state index contributed by atoms with van der Waals surface area (Å²) in [5.41, 5.74) is 1.66. The summed E-state index contributed by atoms with van der Waals surface area (Å²) in [6.07, 6.45) is 4.85. The van der Waals surface area contributed by atoms with Crippen LogP contribution in [-0.4, -0.2) is 41.7 Å². The zero-order valence-electron chi connectivity index (χ0n) is 16.9. The molecule has 0 aliphatic heterocycles. The molecule has 0 bridgehead atoms. The van der Waals surface area contributed by atoms with Gasteiger partial charge in [-0.15, -0.1) is 6.58 Å². The SMILES string of the molecule is C=CCN(Cc1nc(-c2ccccc2)no1)C(=O)/C=C/c1ccc(OC)c(OC)c1. The van der Waals surface area contributed by atoms with Crippen LogP contribution < -0.4 is 9.47 Å². The van der Waals surface area contributed by atoms with Crippen LogP contribution in [0.15, 0.2) is 71.8 Å². The van der Waals surface area contributed by atoms with Crippen LogP contribution in [0.2, 0.25) is 0 Å². The van der Waals surface area contributed by atoms with Gasteiger partial charge in [0.25, 0.3) is 0 Å². The largest absolute Gasteiger partial charge is 0.493 e. The Morgan fingerprint density at radius 3 is 2.60 bits per heavy atom. The van der Waals surface area contributed by atoms with Gasteiger partial charge in [-0.05, 0) is 23.8 Å².